The number of benzene rings is 1. The topological polar surface area (TPSA) is 24.9 Å². The number of hydrogen-bond donors (Lipinski definition) is 1. The normalized spacial score (nSPS) is 12.7. The van der Waals surface area contributed by atoms with Crippen LogP contribution in [0.5, 0.6) is 0 Å². The third kappa shape index (κ3) is 2.68. The van der Waals surface area contributed by atoms with Gasteiger partial charge in [0.05, 0.1) is 16.7 Å². The van der Waals surface area contributed by atoms with Gasteiger partial charge in [-0.1, -0.05) is 0 Å². The maximum absolute atomic E-state index is 13.2. The van der Waals surface area contributed by atoms with Crippen molar-refractivity contribution in [3.05, 3.63) is 51.5 Å². The summed E-state index contributed by atoms with van der Waals surface area (Å²) < 4.78 is 26.3. The van der Waals surface area contributed by atoms with Gasteiger partial charge in [-0.05, 0) is 31.7 Å². The molecule has 90 valence electrons. The first kappa shape index (κ1) is 12.1. The van der Waals surface area contributed by atoms with Crippen LogP contribution >= 0.6 is 11.3 Å². The fraction of sp³-hybridized carbons (Fsp3) is 0.250. The lowest BCUT2D eigenvalue weighted by Gasteiger charge is -2.14. The van der Waals surface area contributed by atoms with Crippen molar-refractivity contribution in [1.82, 2.24) is 10.3 Å². The molecule has 1 N–H and O–H groups in total. The van der Waals surface area contributed by atoms with Gasteiger partial charge in [-0.15, -0.1) is 11.3 Å². The van der Waals surface area contributed by atoms with E-state index in [0.717, 1.165) is 16.8 Å². The summed E-state index contributed by atoms with van der Waals surface area (Å²) in [4.78, 5) is 4.33. The van der Waals surface area contributed by atoms with Gasteiger partial charge in [0.1, 0.15) is 11.6 Å². The number of aryl methyl sites for hydroxylation is 1. The number of nitrogens with one attached hydrogen (secondary N) is 1. The van der Waals surface area contributed by atoms with Crippen molar-refractivity contribution >= 4 is 11.3 Å². The summed E-state index contributed by atoms with van der Waals surface area (Å²) >= 11 is 1.51. The van der Waals surface area contributed by atoms with Crippen LogP contribution in [0.3, 0.4) is 0 Å². The first-order chi connectivity index (χ1) is 8.10. The maximum Gasteiger partial charge on any atom is 0.126 e. The third-order valence-corrected chi connectivity index (χ3v) is 3.23. The molecule has 0 spiro atoms. The van der Waals surface area contributed by atoms with Crippen LogP contribution in [-0.2, 0) is 0 Å². The van der Waals surface area contributed by atoms with E-state index in [4.69, 9.17) is 0 Å². The molecule has 0 saturated carbocycles. The van der Waals surface area contributed by atoms with Crippen LogP contribution < -0.4 is 5.32 Å². The van der Waals surface area contributed by atoms with Crippen LogP contribution in [0.4, 0.5) is 8.78 Å². The van der Waals surface area contributed by atoms with Gasteiger partial charge in [0.25, 0.3) is 0 Å². The molecule has 2 rings (SSSR count). The quantitative estimate of drug-likeness (QED) is 0.910. The molecular formula is C12H12F2N2S. The summed E-state index contributed by atoms with van der Waals surface area (Å²) in [5.41, 5.74) is 1.32. The zero-order chi connectivity index (χ0) is 12.4. The van der Waals surface area contributed by atoms with Crippen molar-refractivity contribution in [2.24, 2.45) is 0 Å². The van der Waals surface area contributed by atoms with E-state index in [1.54, 1.807) is 7.05 Å². The number of aromatic nitrogens is 1. The molecule has 0 radical (unpaired) electrons. The second-order valence-electron chi connectivity index (χ2n) is 3.72. The molecule has 2 aromatic rings. The SMILES string of the molecule is CNC(c1cc(F)cc(F)c1)c1csc(C)n1. The Bertz CT molecular complexity index is 505. The Morgan fingerprint density at radius 3 is 2.35 bits per heavy atom. The lowest BCUT2D eigenvalue weighted by molar-refractivity contribution is 0.570. The van der Waals surface area contributed by atoms with Crippen LogP contribution in [0.1, 0.15) is 22.3 Å². The van der Waals surface area contributed by atoms with Gasteiger partial charge in [0, 0.05) is 11.4 Å². The molecule has 0 aliphatic rings. The summed E-state index contributed by atoms with van der Waals surface area (Å²) in [7, 11) is 1.74. The number of halogens is 2. The van der Waals surface area contributed by atoms with Crippen molar-refractivity contribution < 1.29 is 8.78 Å². The number of thiazole rings is 1. The van der Waals surface area contributed by atoms with Gasteiger partial charge in [-0.2, -0.15) is 0 Å². The Labute approximate surface area is 102 Å². The van der Waals surface area contributed by atoms with Crippen molar-refractivity contribution in [3.8, 4) is 0 Å². The van der Waals surface area contributed by atoms with E-state index in [9.17, 15) is 8.78 Å². The number of rotatable bonds is 3. The molecule has 5 heteroatoms. The van der Waals surface area contributed by atoms with Crippen molar-refractivity contribution in [3.63, 3.8) is 0 Å². The van der Waals surface area contributed by atoms with Gasteiger partial charge in [0.2, 0.25) is 0 Å². The third-order valence-electron chi connectivity index (χ3n) is 2.44. The standard InChI is InChI=1S/C12H12F2N2S/c1-7-16-11(6-17-7)12(15-2)8-3-9(13)5-10(14)4-8/h3-6,12,15H,1-2H3. The predicted octanol–water partition coefficient (Wildman–Crippen LogP) is 3.04. The predicted molar refractivity (Wildman–Crippen MR) is 64.1 cm³/mol. The molecule has 1 unspecified atom stereocenters. The molecule has 0 saturated heterocycles. The lowest BCUT2D eigenvalue weighted by atomic mass is 10.0. The Hall–Kier alpha value is -1.33. The average Bonchev–Trinajstić information content (AvgIpc) is 2.64. The maximum atomic E-state index is 13.2. The van der Waals surface area contributed by atoms with E-state index in [1.165, 1.54) is 23.5 Å². The molecular weight excluding hydrogens is 242 g/mol. The number of nitrogens with zero attached hydrogens (tertiary/aromatic N) is 1. The molecule has 1 aromatic carbocycles. The highest BCUT2D eigenvalue weighted by Crippen LogP contribution is 2.24. The van der Waals surface area contributed by atoms with Gasteiger partial charge in [-0.3, -0.25) is 0 Å². The Balaban J connectivity index is 2.41. The highest BCUT2D eigenvalue weighted by atomic mass is 32.1. The van der Waals surface area contributed by atoms with E-state index < -0.39 is 11.6 Å². The van der Waals surface area contributed by atoms with Crippen LogP contribution in [0.15, 0.2) is 23.6 Å². The van der Waals surface area contributed by atoms with Gasteiger partial charge < -0.3 is 5.32 Å². The molecule has 1 heterocycles. The number of hydrogen-bond acceptors (Lipinski definition) is 3. The monoisotopic (exact) mass is 254 g/mol. The van der Waals surface area contributed by atoms with Crippen LogP contribution in [0.25, 0.3) is 0 Å². The molecule has 0 fully saturated rings. The minimum Gasteiger partial charge on any atom is -0.308 e. The first-order valence-electron chi connectivity index (χ1n) is 5.15. The Kier molecular flexibility index (Phi) is 3.49. The largest absolute Gasteiger partial charge is 0.308 e. The van der Waals surface area contributed by atoms with Gasteiger partial charge >= 0.3 is 0 Å². The molecule has 2 nitrogen and oxygen atoms in total. The fourth-order valence-electron chi connectivity index (χ4n) is 1.74. The second-order valence-corrected chi connectivity index (χ2v) is 4.78. The molecule has 0 bridgehead atoms. The Morgan fingerprint density at radius 2 is 1.88 bits per heavy atom. The van der Waals surface area contributed by atoms with Gasteiger partial charge in [0.15, 0.2) is 0 Å². The molecule has 1 aromatic heterocycles. The minimum atomic E-state index is -0.577. The van der Waals surface area contributed by atoms with E-state index in [-0.39, 0.29) is 6.04 Å². The molecule has 17 heavy (non-hydrogen) atoms. The highest BCUT2D eigenvalue weighted by molar-refractivity contribution is 7.09. The molecule has 1 atom stereocenters. The van der Waals surface area contributed by atoms with Crippen molar-refractivity contribution in [2.45, 2.75) is 13.0 Å². The van der Waals surface area contributed by atoms with E-state index in [0.29, 0.717) is 5.56 Å². The average molecular weight is 254 g/mol. The fourth-order valence-corrected chi connectivity index (χ4v) is 2.38. The highest BCUT2D eigenvalue weighted by Gasteiger charge is 2.16. The van der Waals surface area contributed by atoms with Gasteiger partial charge in [-0.25, -0.2) is 13.8 Å². The van der Waals surface area contributed by atoms with E-state index in [2.05, 4.69) is 10.3 Å². The van der Waals surface area contributed by atoms with Crippen molar-refractivity contribution in [2.75, 3.05) is 7.05 Å². The summed E-state index contributed by atoms with van der Waals surface area (Å²) in [6, 6.07) is 3.21. The minimum absolute atomic E-state index is 0.287. The van der Waals surface area contributed by atoms with Crippen LogP contribution in [0, 0.1) is 18.6 Å². The summed E-state index contributed by atoms with van der Waals surface area (Å²) in [6.07, 6.45) is 0. The first-order valence-corrected chi connectivity index (χ1v) is 6.03. The summed E-state index contributed by atoms with van der Waals surface area (Å²) in [6.45, 7) is 1.90. The molecule has 0 aliphatic heterocycles. The molecule has 0 amide bonds. The second kappa shape index (κ2) is 4.89. The summed E-state index contributed by atoms with van der Waals surface area (Å²) in [5, 5.41) is 5.83. The zero-order valence-corrected chi connectivity index (χ0v) is 10.3. The van der Waals surface area contributed by atoms with Crippen LogP contribution in [0.2, 0.25) is 0 Å². The van der Waals surface area contributed by atoms with Crippen molar-refractivity contribution in [1.29, 1.82) is 0 Å². The smallest absolute Gasteiger partial charge is 0.126 e. The zero-order valence-electron chi connectivity index (χ0n) is 9.50. The lowest BCUT2D eigenvalue weighted by Crippen LogP contribution is -2.18. The summed E-state index contributed by atoms with van der Waals surface area (Å²) in [5.74, 6) is -1.15. The Morgan fingerprint density at radius 1 is 1.24 bits per heavy atom. The molecule has 0 aliphatic carbocycles. The van der Waals surface area contributed by atoms with E-state index in [1.807, 2.05) is 12.3 Å². The van der Waals surface area contributed by atoms with Crippen LogP contribution in [-0.4, -0.2) is 12.0 Å². The van der Waals surface area contributed by atoms with E-state index >= 15 is 0 Å².